The molecule has 0 spiro atoms. The Labute approximate surface area is 205 Å². The third kappa shape index (κ3) is 6.28. The van der Waals surface area contributed by atoms with E-state index in [2.05, 4.69) is 29.0 Å². The molecule has 0 radical (unpaired) electrons. The molecule has 3 rings (SSSR count). The third-order valence-electron chi connectivity index (χ3n) is 6.07. The summed E-state index contributed by atoms with van der Waals surface area (Å²) < 4.78 is 40.4. The van der Waals surface area contributed by atoms with Crippen LogP contribution in [0.4, 0.5) is 8.78 Å². The van der Waals surface area contributed by atoms with Crippen LogP contribution in [0.15, 0.2) is 36.7 Å². The van der Waals surface area contributed by atoms with Crippen LogP contribution in [0, 0.1) is 17.6 Å². The fraction of sp³-hybridized carbons (Fsp3) is 0.462. The molecule has 2 aromatic carbocycles. The quantitative estimate of drug-likeness (QED) is 0.405. The predicted octanol–water partition coefficient (Wildman–Crippen LogP) is 4.56. The van der Waals surface area contributed by atoms with Crippen molar-refractivity contribution in [2.75, 3.05) is 33.4 Å². The number of likely N-dealkylation sites (N-methyl/N-ethyl adjacent to an activating group) is 1. The number of carbonyl (C=O) groups excluding carboxylic acids is 1. The molecule has 1 aromatic heterocycles. The molecule has 1 N–H and O–H groups in total. The summed E-state index contributed by atoms with van der Waals surface area (Å²) >= 11 is 0. The van der Waals surface area contributed by atoms with E-state index in [-0.39, 0.29) is 18.4 Å². The highest BCUT2D eigenvalue weighted by molar-refractivity contribution is 5.84. The van der Waals surface area contributed by atoms with E-state index in [4.69, 9.17) is 9.47 Å². The van der Waals surface area contributed by atoms with Gasteiger partial charge < -0.3 is 24.3 Å². The Hall–Kier alpha value is -3.20. The van der Waals surface area contributed by atoms with Crippen LogP contribution in [0.3, 0.4) is 0 Å². The van der Waals surface area contributed by atoms with Crippen molar-refractivity contribution in [3.63, 3.8) is 0 Å². The maximum absolute atomic E-state index is 13.9. The van der Waals surface area contributed by atoms with Crippen molar-refractivity contribution in [3.05, 3.63) is 53.9 Å². The van der Waals surface area contributed by atoms with Gasteiger partial charge in [-0.1, -0.05) is 33.8 Å². The van der Waals surface area contributed by atoms with Gasteiger partial charge in [-0.25, -0.2) is 13.8 Å². The minimum atomic E-state index is -0.978. The van der Waals surface area contributed by atoms with Crippen LogP contribution >= 0.6 is 0 Å². The van der Waals surface area contributed by atoms with Crippen LogP contribution in [-0.2, 0) is 11.3 Å². The molecule has 3 aromatic rings. The number of carbonyl (C=O) groups is 1. The van der Waals surface area contributed by atoms with E-state index >= 15 is 0 Å². The fourth-order valence-corrected chi connectivity index (χ4v) is 4.05. The highest BCUT2D eigenvalue weighted by Gasteiger charge is 2.26. The number of methoxy groups -OCH3 is 1. The van der Waals surface area contributed by atoms with Gasteiger partial charge in [-0.2, -0.15) is 0 Å². The molecule has 0 saturated heterocycles. The summed E-state index contributed by atoms with van der Waals surface area (Å²) in [5.41, 5.74) is 1.51. The summed E-state index contributed by atoms with van der Waals surface area (Å²) in [6.07, 6.45) is 1.45. The maximum atomic E-state index is 13.9. The Balaban J connectivity index is 1.70. The normalized spacial score (nSPS) is 12.4. The number of ether oxygens (including phenoxy) is 2. The molecule has 0 bridgehead atoms. The van der Waals surface area contributed by atoms with Crippen molar-refractivity contribution in [3.8, 4) is 11.5 Å². The van der Waals surface area contributed by atoms with Crippen molar-refractivity contribution in [1.82, 2.24) is 19.8 Å². The van der Waals surface area contributed by atoms with Crippen LogP contribution < -0.4 is 14.8 Å². The van der Waals surface area contributed by atoms with Crippen LogP contribution in [-0.4, -0.2) is 53.7 Å². The first-order valence-corrected chi connectivity index (χ1v) is 11.9. The molecule has 0 aliphatic carbocycles. The van der Waals surface area contributed by atoms with Crippen molar-refractivity contribution in [1.29, 1.82) is 0 Å². The summed E-state index contributed by atoms with van der Waals surface area (Å²) in [7, 11) is 1.58. The highest BCUT2D eigenvalue weighted by Crippen LogP contribution is 2.29. The van der Waals surface area contributed by atoms with Gasteiger partial charge in [0.2, 0.25) is 5.91 Å². The van der Waals surface area contributed by atoms with E-state index in [1.807, 2.05) is 32.0 Å². The number of amides is 1. The number of rotatable bonds is 12. The van der Waals surface area contributed by atoms with Gasteiger partial charge in [0.25, 0.3) is 0 Å². The van der Waals surface area contributed by atoms with E-state index in [0.717, 1.165) is 37.3 Å². The zero-order valence-corrected chi connectivity index (χ0v) is 21.0. The van der Waals surface area contributed by atoms with Gasteiger partial charge in [-0.3, -0.25) is 4.79 Å². The van der Waals surface area contributed by atoms with Crippen molar-refractivity contribution in [2.24, 2.45) is 5.92 Å². The van der Waals surface area contributed by atoms with Crippen LogP contribution in [0.2, 0.25) is 0 Å². The lowest BCUT2D eigenvalue weighted by molar-refractivity contribution is -0.125. The molecule has 1 unspecified atom stereocenters. The van der Waals surface area contributed by atoms with Gasteiger partial charge in [0.05, 0.1) is 24.5 Å². The van der Waals surface area contributed by atoms with Crippen molar-refractivity contribution < 1.29 is 23.0 Å². The van der Waals surface area contributed by atoms with Gasteiger partial charge in [0.15, 0.2) is 23.1 Å². The lowest BCUT2D eigenvalue weighted by atomic mass is 10.0. The summed E-state index contributed by atoms with van der Waals surface area (Å²) in [5, 5.41) is 2.95. The molecule has 0 aliphatic heterocycles. The fourth-order valence-electron chi connectivity index (χ4n) is 4.05. The zero-order valence-electron chi connectivity index (χ0n) is 21.0. The number of nitrogens with one attached hydrogen (secondary N) is 1. The molecule has 190 valence electrons. The van der Waals surface area contributed by atoms with Gasteiger partial charge in [0.1, 0.15) is 12.6 Å². The molecular weight excluding hydrogens is 454 g/mol. The number of halogens is 2. The van der Waals surface area contributed by atoms with Crippen molar-refractivity contribution >= 4 is 16.9 Å². The van der Waals surface area contributed by atoms with Gasteiger partial charge in [-0.15, -0.1) is 0 Å². The third-order valence-corrected chi connectivity index (χ3v) is 6.07. The van der Waals surface area contributed by atoms with Gasteiger partial charge in [0, 0.05) is 25.2 Å². The Morgan fingerprint density at radius 1 is 1.11 bits per heavy atom. The molecule has 1 atom stereocenters. The molecule has 0 saturated carbocycles. The van der Waals surface area contributed by atoms with E-state index in [0.29, 0.717) is 29.1 Å². The average Bonchev–Trinajstić information content (AvgIpc) is 3.22. The summed E-state index contributed by atoms with van der Waals surface area (Å²) in [6.45, 7) is 11.6. The molecule has 7 nitrogen and oxygen atoms in total. The lowest BCUT2D eigenvalue weighted by Gasteiger charge is -2.23. The number of nitrogens with zero attached hydrogens (tertiary/aromatic N) is 3. The smallest absolute Gasteiger partial charge is 0.243 e. The van der Waals surface area contributed by atoms with E-state index in [1.165, 1.54) is 6.33 Å². The van der Waals surface area contributed by atoms with E-state index in [1.54, 1.807) is 11.7 Å². The second kappa shape index (κ2) is 12.0. The van der Waals surface area contributed by atoms with E-state index < -0.39 is 17.7 Å². The Morgan fingerprint density at radius 3 is 2.49 bits per heavy atom. The largest absolute Gasteiger partial charge is 0.493 e. The minimum absolute atomic E-state index is 0.114. The summed E-state index contributed by atoms with van der Waals surface area (Å²) in [6, 6.07) is 7.02. The average molecular weight is 489 g/mol. The zero-order chi connectivity index (χ0) is 25.5. The maximum Gasteiger partial charge on any atom is 0.243 e. The molecule has 0 fully saturated rings. The molecule has 1 amide bonds. The number of fused-ring (bicyclic) bond motifs is 1. The first kappa shape index (κ1) is 26.4. The van der Waals surface area contributed by atoms with Crippen molar-refractivity contribution in [2.45, 2.75) is 40.3 Å². The first-order chi connectivity index (χ1) is 16.8. The monoisotopic (exact) mass is 488 g/mol. The number of hydrogen-bond donors (Lipinski definition) is 1. The number of aromatic nitrogens is 2. The molecule has 0 aliphatic rings. The van der Waals surface area contributed by atoms with Crippen LogP contribution in [0.1, 0.15) is 39.3 Å². The minimum Gasteiger partial charge on any atom is -0.493 e. The van der Waals surface area contributed by atoms with Gasteiger partial charge >= 0.3 is 0 Å². The second-order valence-corrected chi connectivity index (χ2v) is 8.67. The second-order valence-electron chi connectivity index (χ2n) is 8.67. The Morgan fingerprint density at radius 2 is 1.83 bits per heavy atom. The molecule has 1 heterocycles. The first-order valence-electron chi connectivity index (χ1n) is 11.9. The summed E-state index contributed by atoms with van der Waals surface area (Å²) in [5.74, 6) is -1.07. The lowest BCUT2D eigenvalue weighted by Crippen LogP contribution is -2.34. The number of hydrogen-bond acceptors (Lipinski definition) is 5. The van der Waals surface area contributed by atoms with Gasteiger partial charge in [-0.05, 0) is 36.7 Å². The topological polar surface area (TPSA) is 68.6 Å². The van der Waals surface area contributed by atoms with E-state index in [9.17, 15) is 13.6 Å². The Kier molecular flexibility index (Phi) is 9.03. The van der Waals surface area contributed by atoms with Crippen LogP contribution in [0.5, 0.6) is 11.5 Å². The number of imidazole rings is 1. The number of benzene rings is 2. The molecular formula is C26H34F2N4O3. The summed E-state index contributed by atoms with van der Waals surface area (Å²) in [4.78, 5) is 19.6. The standard InChI is InChI=1S/C26H34F2N4O3/c1-6-31(7-2)10-11-35-23-9-8-18(12-24(23)34-5)15-29-26(33)25(17(3)4)32-16-30-21-13-19(27)20(28)14-22(21)32/h8-9,12-14,16-17,25H,6-7,10-11,15H2,1-5H3,(H,29,33). The highest BCUT2D eigenvalue weighted by atomic mass is 19.2. The van der Waals surface area contributed by atoms with Crippen LogP contribution in [0.25, 0.3) is 11.0 Å². The predicted molar refractivity (Wildman–Crippen MR) is 132 cm³/mol. The Bertz CT molecular complexity index is 1150. The molecule has 9 heteroatoms. The molecule has 35 heavy (non-hydrogen) atoms. The SMILES string of the molecule is CCN(CC)CCOc1ccc(CNC(=O)C(C(C)C)n2cnc3cc(F)c(F)cc32)cc1OC.